The van der Waals surface area contributed by atoms with E-state index in [1.54, 1.807) is 0 Å². The van der Waals surface area contributed by atoms with Gasteiger partial charge in [-0.05, 0) is 12.8 Å². The molecule has 1 rings (SSSR count). The molecule has 11 nitrogen and oxygen atoms in total. The zero-order valence-electron chi connectivity index (χ0n) is 12.8. The molecule has 1 fully saturated rings. The molecule has 1 heterocycles. The highest BCUT2D eigenvalue weighted by Gasteiger charge is 2.32. The fourth-order valence-electron chi connectivity index (χ4n) is 1.84. The van der Waals surface area contributed by atoms with Crippen LogP contribution in [0.1, 0.15) is 32.1 Å². The Kier molecular flexibility index (Phi) is 7.25. The van der Waals surface area contributed by atoms with Gasteiger partial charge in [-0.15, -0.1) is 5.06 Å². The van der Waals surface area contributed by atoms with Gasteiger partial charge in [0, 0.05) is 25.8 Å². The summed E-state index contributed by atoms with van der Waals surface area (Å²) in [5.41, 5.74) is 5.29. The van der Waals surface area contributed by atoms with Crippen molar-refractivity contribution in [3.63, 3.8) is 0 Å². The highest BCUT2D eigenvalue weighted by atomic mass is 32.2. The first kappa shape index (κ1) is 20.0. The van der Waals surface area contributed by atoms with Crippen LogP contribution in [-0.2, 0) is 34.1 Å². The van der Waals surface area contributed by atoms with E-state index in [2.05, 4.69) is 10.2 Å². The van der Waals surface area contributed by atoms with Crippen molar-refractivity contribution in [2.75, 3.05) is 12.3 Å². The lowest BCUT2D eigenvalue weighted by Crippen LogP contribution is -2.45. The Labute approximate surface area is 138 Å². The third-order valence-electron chi connectivity index (χ3n) is 3.03. The second kappa shape index (κ2) is 8.70. The number of carbonyl (C=O) groups excluding carboxylic acids is 4. The molecule has 136 valence electrons. The number of amides is 3. The molecule has 1 aliphatic heterocycles. The van der Waals surface area contributed by atoms with E-state index in [0.29, 0.717) is 17.9 Å². The van der Waals surface area contributed by atoms with Gasteiger partial charge in [-0.2, -0.15) is 8.42 Å². The number of nitrogens with zero attached hydrogens (tertiary/aromatic N) is 1. The normalized spacial score (nSPS) is 16.2. The van der Waals surface area contributed by atoms with E-state index >= 15 is 0 Å². The summed E-state index contributed by atoms with van der Waals surface area (Å²) in [6, 6.07) is -1.39. The summed E-state index contributed by atoms with van der Waals surface area (Å²) in [5, 5.41) is 2.81. The summed E-state index contributed by atoms with van der Waals surface area (Å²) in [5.74, 6) is -3.50. The van der Waals surface area contributed by atoms with E-state index in [4.69, 9.17) is 10.3 Å². The van der Waals surface area contributed by atoms with Crippen molar-refractivity contribution in [1.82, 2.24) is 10.4 Å². The van der Waals surface area contributed by atoms with Gasteiger partial charge in [0.15, 0.2) is 0 Å². The van der Waals surface area contributed by atoms with Gasteiger partial charge in [0.25, 0.3) is 21.9 Å². The molecule has 0 bridgehead atoms. The maximum absolute atomic E-state index is 11.5. The van der Waals surface area contributed by atoms with Crippen molar-refractivity contribution >= 4 is 33.8 Å². The molecule has 0 aromatic heterocycles. The number of carbonyl (C=O) groups is 4. The lowest BCUT2D eigenvalue weighted by molar-refractivity contribution is -0.197. The molecular weight excluding hydrogens is 346 g/mol. The van der Waals surface area contributed by atoms with E-state index in [-0.39, 0.29) is 25.8 Å². The number of nitrogens with one attached hydrogen (secondary N) is 1. The van der Waals surface area contributed by atoms with E-state index < -0.39 is 45.6 Å². The van der Waals surface area contributed by atoms with Crippen LogP contribution >= 0.6 is 0 Å². The summed E-state index contributed by atoms with van der Waals surface area (Å²) in [7, 11) is -4.34. The molecule has 3 amide bonds. The summed E-state index contributed by atoms with van der Waals surface area (Å²) in [4.78, 5) is 50.1. The third kappa shape index (κ3) is 7.02. The number of nitrogens with two attached hydrogens (primary N) is 1. The van der Waals surface area contributed by atoms with Gasteiger partial charge in [0.1, 0.15) is 6.04 Å². The summed E-state index contributed by atoms with van der Waals surface area (Å²) < 4.78 is 29.7. The van der Waals surface area contributed by atoms with Crippen LogP contribution in [0.3, 0.4) is 0 Å². The number of hydrogen-bond acceptors (Lipinski definition) is 8. The van der Waals surface area contributed by atoms with E-state index in [1.807, 2.05) is 0 Å². The molecule has 1 aliphatic rings. The molecule has 24 heavy (non-hydrogen) atoms. The van der Waals surface area contributed by atoms with Gasteiger partial charge >= 0.3 is 5.97 Å². The van der Waals surface area contributed by atoms with Crippen molar-refractivity contribution in [3.8, 4) is 0 Å². The van der Waals surface area contributed by atoms with Crippen LogP contribution in [0.4, 0.5) is 0 Å². The van der Waals surface area contributed by atoms with Crippen LogP contribution in [0.5, 0.6) is 0 Å². The van der Waals surface area contributed by atoms with Gasteiger partial charge in [0.05, 0.1) is 5.75 Å². The third-order valence-corrected chi connectivity index (χ3v) is 3.81. The molecule has 0 radical (unpaired) electrons. The quantitative estimate of drug-likeness (QED) is 0.239. The second-order valence-electron chi connectivity index (χ2n) is 5.15. The number of unbranched alkanes of at least 4 members (excludes halogenated alkanes) is 1. The Balaban J connectivity index is 2.17. The van der Waals surface area contributed by atoms with Crippen molar-refractivity contribution in [2.24, 2.45) is 5.73 Å². The average Bonchev–Trinajstić information content (AvgIpc) is 2.76. The van der Waals surface area contributed by atoms with Gasteiger partial charge < -0.3 is 15.9 Å². The lowest BCUT2D eigenvalue weighted by atomic mass is 10.2. The Morgan fingerprint density at radius 2 is 1.83 bits per heavy atom. The predicted octanol–water partition coefficient (Wildman–Crippen LogP) is -1.90. The zero-order chi connectivity index (χ0) is 18.3. The van der Waals surface area contributed by atoms with E-state index in [1.165, 1.54) is 0 Å². The topological polar surface area (TPSA) is 173 Å². The highest BCUT2D eigenvalue weighted by Crippen LogP contribution is 2.13. The molecule has 0 spiro atoms. The van der Waals surface area contributed by atoms with Crippen LogP contribution in [0.2, 0.25) is 0 Å². The predicted molar refractivity (Wildman–Crippen MR) is 78.4 cm³/mol. The summed E-state index contributed by atoms with van der Waals surface area (Å²) in [6.07, 6.45) is 0.637. The monoisotopic (exact) mass is 365 g/mol. The minimum absolute atomic E-state index is 0.0158. The minimum atomic E-state index is -4.34. The maximum Gasteiger partial charge on any atom is 0.333 e. The molecule has 0 aromatic rings. The number of hydrogen-bond donors (Lipinski definition) is 3. The maximum atomic E-state index is 11.5. The standard InChI is InChI=1S/C12H19N3O8S/c13-8(7-24(20,21)22)12(19)14-6-2-1-3-11(18)23-15-9(16)4-5-10(15)17/h8H,1-7,13H2,(H,14,19)(H,20,21,22). The second-order valence-corrected chi connectivity index (χ2v) is 6.65. The fraction of sp³-hybridized carbons (Fsp3) is 0.667. The molecule has 1 atom stereocenters. The Morgan fingerprint density at radius 1 is 1.25 bits per heavy atom. The zero-order valence-corrected chi connectivity index (χ0v) is 13.6. The lowest BCUT2D eigenvalue weighted by Gasteiger charge is -2.13. The first-order valence-corrected chi connectivity index (χ1v) is 8.76. The summed E-state index contributed by atoms with van der Waals surface area (Å²) in [6.45, 7) is 0.132. The average molecular weight is 365 g/mol. The molecule has 1 saturated heterocycles. The SMILES string of the molecule is NC(CS(=O)(=O)O)C(=O)NCCCCC(=O)ON1C(=O)CCC1=O. The summed E-state index contributed by atoms with van der Waals surface area (Å²) >= 11 is 0. The van der Waals surface area contributed by atoms with Gasteiger partial charge in [0.2, 0.25) is 5.91 Å². The fourth-order valence-corrected chi connectivity index (χ4v) is 2.45. The van der Waals surface area contributed by atoms with Crippen LogP contribution in [-0.4, -0.2) is 60.1 Å². The largest absolute Gasteiger partial charge is 0.355 e. The first-order valence-electron chi connectivity index (χ1n) is 7.15. The minimum Gasteiger partial charge on any atom is -0.355 e. The smallest absolute Gasteiger partial charge is 0.333 e. The number of hydroxylamine groups is 2. The molecule has 12 heteroatoms. The van der Waals surface area contributed by atoms with Crippen LogP contribution in [0.15, 0.2) is 0 Å². The number of rotatable bonds is 9. The van der Waals surface area contributed by atoms with Crippen LogP contribution in [0.25, 0.3) is 0 Å². The molecule has 4 N–H and O–H groups in total. The van der Waals surface area contributed by atoms with Gasteiger partial charge in [-0.3, -0.25) is 18.9 Å². The highest BCUT2D eigenvalue weighted by molar-refractivity contribution is 7.85. The van der Waals surface area contributed by atoms with Crippen molar-refractivity contribution in [1.29, 1.82) is 0 Å². The molecule has 0 aliphatic carbocycles. The Morgan fingerprint density at radius 3 is 2.38 bits per heavy atom. The molecule has 1 unspecified atom stereocenters. The van der Waals surface area contributed by atoms with E-state index in [0.717, 1.165) is 0 Å². The first-order chi connectivity index (χ1) is 11.1. The van der Waals surface area contributed by atoms with Crippen molar-refractivity contribution in [3.05, 3.63) is 0 Å². The Hall–Kier alpha value is -2.05. The molecule has 0 saturated carbocycles. The van der Waals surface area contributed by atoms with Crippen molar-refractivity contribution in [2.45, 2.75) is 38.1 Å². The molecular formula is C12H19N3O8S. The van der Waals surface area contributed by atoms with Gasteiger partial charge in [-0.25, -0.2) is 4.79 Å². The van der Waals surface area contributed by atoms with Crippen molar-refractivity contribution < 1.29 is 37.0 Å². The van der Waals surface area contributed by atoms with E-state index in [9.17, 15) is 27.6 Å². The Bertz CT molecular complexity index is 602. The molecule has 0 aromatic carbocycles. The van der Waals surface area contributed by atoms with Crippen LogP contribution in [0, 0.1) is 0 Å². The van der Waals surface area contributed by atoms with Crippen LogP contribution < -0.4 is 11.1 Å². The van der Waals surface area contributed by atoms with Gasteiger partial charge in [-0.1, -0.05) is 0 Å². The number of imide groups is 1.